The summed E-state index contributed by atoms with van der Waals surface area (Å²) in [6.45, 7) is 5.36. The first-order valence-corrected chi connectivity index (χ1v) is 11.1. The number of amides is 1. The van der Waals surface area contributed by atoms with Gasteiger partial charge in [0.2, 0.25) is 0 Å². The van der Waals surface area contributed by atoms with Crippen LogP contribution in [-0.2, 0) is 13.0 Å². The van der Waals surface area contributed by atoms with Gasteiger partial charge >= 0.3 is 0 Å². The molecule has 142 valence electrons. The molecule has 2 aromatic heterocycles. The molecule has 1 amide bonds. The van der Waals surface area contributed by atoms with Crippen LogP contribution in [0.3, 0.4) is 0 Å². The van der Waals surface area contributed by atoms with E-state index in [1.807, 2.05) is 0 Å². The van der Waals surface area contributed by atoms with Gasteiger partial charge in [-0.05, 0) is 50.0 Å². The molecule has 0 unspecified atom stereocenters. The Morgan fingerprint density at radius 3 is 2.65 bits per heavy atom. The first-order chi connectivity index (χ1) is 12.6. The Morgan fingerprint density at radius 1 is 1.27 bits per heavy atom. The summed E-state index contributed by atoms with van der Waals surface area (Å²) < 4.78 is 2.45. The highest BCUT2D eigenvalue weighted by Crippen LogP contribution is 2.38. The number of thiophene rings is 1. The van der Waals surface area contributed by atoms with E-state index in [1.54, 1.807) is 11.3 Å². The molecular formula is C22H32N2OS. The molecular weight excluding hydrogens is 340 g/mol. The Hall–Kier alpha value is -1.55. The maximum atomic E-state index is 12.3. The number of carbonyl (C=O) groups excluding carboxylic acids is 1. The van der Waals surface area contributed by atoms with E-state index in [1.165, 1.54) is 61.9 Å². The zero-order valence-electron chi connectivity index (χ0n) is 16.2. The summed E-state index contributed by atoms with van der Waals surface area (Å²) >= 11 is 1.71. The molecule has 1 saturated carbocycles. The lowest BCUT2D eigenvalue weighted by Gasteiger charge is -2.24. The molecule has 1 aliphatic rings. The highest BCUT2D eigenvalue weighted by atomic mass is 32.1. The van der Waals surface area contributed by atoms with Crippen LogP contribution in [0.15, 0.2) is 17.5 Å². The Bertz CT molecular complexity index is 724. The third-order valence-electron chi connectivity index (χ3n) is 5.83. The van der Waals surface area contributed by atoms with Crippen molar-refractivity contribution in [3.05, 3.63) is 34.5 Å². The van der Waals surface area contributed by atoms with Gasteiger partial charge in [0.1, 0.15) is 0 Å². The largest absolute Gasteiger partial charge is 0.366 e. The predicted octanol–water partition coefficient (Wildman–Crippen LogP) is 5.94. The van der Waals surface area contributed by atoms with Crippen molar-refractivity contribution in [2.24, 2.45) is 11.7 Å². The van der Waals surface area contributed by atoms with E-state index >= 15 is 0 Å². The maximum Gasteiger partial charge on any atom is 0.251 e. The van der Waals surface area contributed by atoms with Gasteiger partial charge in [-0.3, -0.25) is 4.79 Å². The van der Waals surface area contributed by atoms with Crippen LogP contribution >= 0.6 is 11.3 Å². The number of primary amides is 1. The molecule has 0 spiro atoms. The summed E-state index contributed by atoms with van der Waals surface area (Å²) in [6, 6.07) is 4.19. The molecule has 0 bridgehead atoms. The first kappa shape index (κ1) is 19.2. The summed E-state index contributed by atoms with van der Waals surface area (Å²) in [7, 11) is 0. The second-order valence-corrected chi connectivity index (χ2v) is 8.64. The third-order valence-corrected chi connectivity index (χ3v) is 6.72. The number of aromatic nitrogens is 1. The zero-order chi connectivity index (χ0) is 18.5. The summed E-state index contributed by atoms with van der Waals surface area (Å²) in [5.74, 6) is 0.446. The number of carbonyl (C=O) groups is 1. The fraction of sp³-hybridized carbons (Fsp3) is 0.591. The molecule has 0 aliphatic heterocycles. The Balaban J connectivity index is 2.05. The van der Waals surface area contributed by atoms with Gasteiger partial charge in [0.15, 0.2) is 0 Å². The van der Waals surface area contributed by atoms with E-state index in [-0.39, 0.29) is 5.91 Å². The van der Waals surface area contributed by atoms with Crippen LogP contribution < -0.4 is 5.73 Å². The number of hydrogen-bond donors (Lipinski definition) is 1. The lowest BCUT2D eigenvalue weighted by molar-refractivity contribution is 0.1000. The average molecular weight is 373 g/mol. The van der Waals surface area contributed by atoms with Crippen molar-refractivity contribution < 1.29 is 4.79 Å². The molecule has 2 heterocycles. The van der Waals surface area contributed by atoms with E-state index in [4.69, 9.17) is 5.73 Å². The summed E-state index contributed by atoms with van der Waals surface area (Å²) in [6.07, 6.45) is 11.3. The number of nitrogens with two attached hydrogens (primary N) is 1. The van der Waals surface area contributed by atoms with E-state index < -0.39 is 0 Å². The second-order valence-electron chi connectivity index (χ2n) is 7.70. The number of unbranched alkanes of at least 4 members (excludes halogenated alkanes) is 2. The molecule has 0 atom stereocenters. The monoisotopic (exact) mass is 372 g/mol. The van der Waals surface area contributed by atoms with Gasteiger partial charge in [-0.15, -0.1) is 11.3 Å². The SMILES string of the molecule is CCCCCc1c(-c2cccs2)c(C(N)=O)c(C)n1CC1CCCCC1. The Morgan fingerprint density at radius 2 is 2.04 bits per heavy atom. The molecule has 3 nitrogen and oxygen atoms in total. The van der Waals surface area contributed by atoms with Crippen LogP contribution in [0.4, 0.5) is 0 Å². The summed E-state index contributed by atoms with van der Waals surface area (Å²) in [5.41, 5.74) is 10.1. The highest BCUT2D eigenvalue weighted by molar-refractivity contribution is 7.13. The highest BCUT2D eigenvalue weighted by Gasteiger charge is 2.26. The van der Waals surface area contributed by atoms with Crippen LogP contribution in [0.1, 0.15) is 80.0 Å². The van der Waals surface area contributed by atoms with Gasteiger partial charge in [-0.1, -0.05) is 45.1 Å². The smallest absolute Gasteiger partial charge is 0.251 e. The van der Waals surface area contributed by atoms with Crippen LogP contribution in [0.25, 0.3) is 10.4 Å². The normalized spacial score (nSPS) is 15.5. The Kier molecular flexibility index (Phi) is 6.58. The fourth-order valence-electron chi connectivity index (χ4n) is 4.46. The molecule has 4 heteroatoms. The van der Waals surface area contributed by atoms with Crippen LogP contribution in [0, 0.1) is 12.8 Å². The topological polar surface area (TPSA) is 48.0 Å². The molecule has 0 radical (unpaired) electrons. The van der Waals surface area contributed by atoms with Gasteiger partial charge in [0.05, 0.1) is 5.56 Å². The maximum absolute atomic E-state index is 12.3. The molecule has 2 aromatic rings. The molecule has 1 fully saturated rings. The molecule has 0 aromatic carbocycles. The minimum Gasteiger partial charge on any atom is -0.366 e. The van der Waals surface area contributed by atoms with E-state index in [2.05, 4.69) is 35.9 Å². The number of nitrogens with zero attached hydrogens (tertiary/aromatic N) is 1. The van der Waals surface area contributed by atoms with Gasteiger partial charge in [-0.2, -0.15) is 0 Å². The van der Waals surface area contributed by atoms with Crippen molar-refractivity contribution in [2.75, 3.05) is 0 Å². The Labute approximate surface area is 161 Å². The third kappa shape index (κ3) is 4.06. The fourth-order valence-corrected chi connectivity index (χ4v) is 5.26. The summed E-state index contributed by atoms with van der Waals surface area (Å²) in [5, 5.41) is 2.09. The second kappa shape index (κ2) is 8.90. The van der Waals surface area contributed by atoms with Gasteiger partial charge in [0.25, 0.3) is 5.91 Å². The van der Waals surface area contributed by atoms with Crippen molar-refractivity contribution in [3.8, 4) is 10.4 Å². The average Bonchev–Trinajstić information content (AvgIpc) is 3.24. The zero-order valence-corrected chi connectivity index (χ0v) is 17.0. The molecule has 0 saturated heterocycles. The van der Waals surface area contributed by atoms with Crippen molar-refractivity contribution in [1.29, 1.82) is 0 Å². The quantitative estimate of drug-likeness (QED) is 0.573. The predicted molar refractivity (Wildman–Crippen MR) is 111 cm³/mol. The van der Waals surface area contributed by atoms with Crippen LogP contribution in [-0.4, -0.2) is 10.5 Å². The summed E-state index contributed by atoms with van der Waals surface area (Å²) in [4.78, 5) is 13.5. The van der Waals surface area contributed by atoms with Crippen molar-refractivity contribution in [2.45, 2.75) is 78.2 Å². The standard InChI is InChI=1S/C22H32N2OS/c1-3-4-6-12-18-21(19-13-9-14-26-19)20(22(23)25)16(2)24(18)15-17-10-7-5-8-11-17/h9,13-14,17H,3-8,10-12,15H2,1-2H3,(H2,23,25). The molecule has 2 N–H and O–H groups in total. The molecule has 26 heavy (non-hydrogen) atoms. The molecule has 3 rings (SSSR count). The minimum absolute atomic E-state index is 0.287. The lowest BCUT2D eigenvalue weighted by atomic mass is 9.89. The van der Waals surface area contributed by atoms with Crippen LogP contribution in [0.2, 0.25) is 0 Å². The van der Waals surface area contributed by atoms with Crippen LogP contribution in [0.5, 0.6) is 0 Å². The molecule has 1 aliphatic carbocycles. The number of rotatable bonds is 8. The van der Waals surface area contributed by atoms with Crippen molar-refractivity contribution in [3.63, 3.8) is 0 Å². The van der Waals surface area contributed by atoms with Gasteiger partial charge in [-0.25, -0.2) is 0 Å². The van der Waals surface area contributed by atoms with E-state index in [9.17, 15) is 4.79 Å². The van der Waals surface area contributed by atoms with Crippen molar-refractivity contribution >= 4 is 17.2 Å². The van der Waals surface area contributed by atoms with Gasteiger partial charge < -0.3 is 10.3 Å². The van der Waals surface area contributed by atoms with Crippen molar-refractivity contribution in [1.82, 2.24) is 4.57 Å². The van der Waals surface area contributed by atoms with E-state index in [0.29, 0.717) is 0 Å². The minimum atomic E-state index is -0.287. The lowest BCUT2D eigenvalue weighted by Crippen LogP contribution is -2.18. The van der Waals surface area contributed by atoms with Gasteiger partial charge in [0, 0.05) is 28.4 Å². The first-order valence-electron chi connectivity index (χ1n) is 10.2. The van der Waals surface area contributed by atoms with E-state index in [0.717, 1.165) is 35.7 Å². The number of hydrogen-bond acceptors (Lipinski definition) is 2.